The maximum Gasteiger partial charge on any atom is 0.161 e. The van der Waals surface area contributed by atoms with Gasteiger partial charge in [0, 0.05) is 26.6 Å². The van der Waals surface area contributed by atoms with E-state index < -0.39 is 0 Å². The van der Waals surface area contributed by atoms with Crippen LogP contribution in [0.1, 0.15) is 49.8 Å². The van der Waals surface area contributed by atoms with E-state index in [9.17, 15) is 0 Å². The summed E-state index contributed by atoms with van der Waals surface area (Å²) < 4.78 is 18.7. The predicted molar refractivity (Wildman–Crippen MR) is 115 cm³/mol. The number of hydrogen-bond acceptors (Lipinski definition) is 6. The molecule has 0 amide bonds. The molecule has 0 aliphatic carbocycles. The first-order chi connectivity index (χ1) is 14.7. The molecule has 1 saturated heterocycles. The Morgan fingerprint density at radius 2 is 1.80 bits per heavy atom. The van der Waals surface area contributed by atoms with Gasteiger partial charge in [-0.3, -0.25) is 4.90 Å². The van der Waals surface area contributed by atoms with E-state index in [1.54, 1.807) is 14.2 Å². The summed E-state index contributed by atoms with van der Waals surface area (Å²) in [6, 6.07) is 6.30. The summed E-state index contributed by atoms with van der Waals surface area (Å²) in [6.07, 6.45) is 5.94. The van der Waals surface area contributed by atoms with Gasteiger partial charge in [-0.1, -0.05) is 6.07 Å². The van der Waals surface area contributed by atoms with Gasteiger partial charge in [0.25, 0.3) is 0 Å². The van der Waals surface area contributed by atoms with Crippen LogP contribution in [0.25, 0.3) is 0 Å². The third-order valence-corrected chi connectivity index (χ3v) is 6.77. The first kappa shape index (κ1) is 21.1. The van der Waals surface area contributed by atoms with Gasteiger partial charge in [-0.2, -0.15) is 0 Å². The van der Waals surface area contributed by atoms with Gasteiger partial charge in [-0.05, 0) is 68.8 Å². The number of aromatic nitrogens is 3. The smallest absolute Gasteiger partial charge is 0.161 e. The second-order valence-electron chi connectivity index (χ2n) is 8.56. The minimum absolute atomic E-state index is 0.429. The van der Waals surface area contributed by atoms with E-state index in [1.165, 1.54) is 31.2 Å². The van der Waals surface area contributed by atoms with Gasteiger partial charge in [-0.15, -0.1) is 10.2 Å². The number of ether oxygens (including phenoxy) is 3. The van der Waals surface area contributed by atoms with Crippen LogP contribution in [0, 0.1) is 5.41 Å². The van der Waals surface area contributed by atoms with Crippen molar-refractivity contribution in [2.24, 2.45) is 5.41 Å². The highest BCUT2D eigenvalue weighted by molar-refractivity contribution is 5.43. The Bertz CT molecular complexity index is 843. The van der Waals surface area contributed by atoms with Crippen molar-refractivity contribution >= 4 is 0 Å². The summed E-state index contributed by atoms with van der Waals surface area (Å²) in [5, 5.41) is 8.74. The fraction of sp³-hybridized carbons (Fsp3) is 0.652. The average Bonchev–Trinajstić information content (AvgIpc) is 3.06. The van der Waals surface area contributed by atoms with Crippen molar-refractivity contribution in [2.75, 3.05) is 33.9 Å². The van der Waals surface area contributed by atoms with E-state index in [-0.39, 0.29) is 0 Å². The van der Waals surface area contributed by atoms with E-state index in [0.29, 0.717) is 18.6 Å². The number of hydrogen-bond donors (Lipinski definition) is 0. The molecule has 0 atom stereocenters. The minimum atomic E-state index is 0.429. The Labute approximate surface area is 179 Å². The van der Waals surface area contributed by atoms with Crippen molar-refractivity contribution in [3.05, 3.63) is 35.4 Å². The second-order valence-corrected chi connectivity index (χ2v) is 8.56. The lowest BCUT2D eigenvalue weighted by Crippen LogP contribution is -2.40. The molecule has 7 nitrogen and oxygen atoms in total. The molecule has 4 rings (SSSR count). The molecule has 7 heteroatoms. The van der Waals surface area contributed by atoms with Crippen molar-refractivity contribution in [3.8, 4) is 11.5 Å². The summed E-state index contributed by atoms with van der Waals surface area (Å²) in [6.45, 7) is 7.43. The highest BCUT2D eigenvalue weighted by Gasteiger charge is 2.36. The van der Waals surface area contributed by atoms with Crippen LogP contribution in [0.5, 0.6) is 11.5 Å². The standard InChI is InChI=1S/C23H34N4O3/c1-4-30-19-6-5-18(15-20(19)29-3)16-26-12-9-23(10-13-26)8-7-21-24-25-22(17-28-2)27(21)14-11-23/h5-6,15H,4,7-14,16-17H2,1-3H3. The summed E-state index contributed by atoms with van der Waals surface area (Å²) in [7, 11) is 3.42. The molecule has 1 aromatic carbocycles. The van der Waals surface area contributed by atoms with Gasteiger partial charge in [0.1, 0.15) is 12.4 Å². The fourth-order valence-electron chi connectivity index (χ4n) is 4.93. The quantitative estimate of drug-likeness (QED) is 0.692. The lowest BCUT2D eigenvalue weighted by molar-refractivity contribution is 0.0820. The number of rotatable bonds is 7. The Morgan fingerprint density at radius 1 is 1.00 bits per heavy atom. The molecule has 3 heterocycles. The number of aryl methyl sites for hydroxylation is 1. The number of likely N-dealkylation sites (tertiary alicyclic amines) is 1. The molecular formula is C23H34N4O3. The Morgan fingerprint density at radius 3 is 2.53 bits per heavy atom. The zero-order chi connectivity index (χ0) is 21.0. The van der Waals surface area contributed by atoms with Crippen LogP contribution in [-0.4, -0.2) is 53.6 Å². The van der Waals surface area contributed by atoms with Gasteiger partial charge in [0.2, 0.25) is 0 Å². The summed E-state index contributed by atoms with van der Waals surface area (Å²) in [5.41, 5.74) is 1.71. The van der Waals surface area contributed by atoms with Crippen LogP contribution >= 0.6 is 0 Å². The maximum atomic E-state index is 5.65. The first-order valence-corrected chi connectivity index (χ1v) is 11.1. The van der Waals surface area contributed by atoms with Crippen LogP contribution in [0.4, 0.5) is 0 Å². The van der Waals surface area contributed by atoms with Crippen molar-refractivity contribution in [1.82, 2.24) is 19.7 Å². The molecule has 1 spiro atoms. The number of piperidine rings is 1. The number of fused-ring (bicyclic) bond motifs is 1. The molecule has 30 heavy (non-hydrogen) atoms. The molecule has 2 aliphatic heterocycles. The lowest BCUT2D eigenvalue weighted by atomic mass is 9.72. The zero-order valence-electron chi connectivity index (χ0n) is 18.5. The van der Waals surface area contributed by atoms with Gasteiger partial charge >= 0.3 is 0 Å². The molecule has 0 radical (unpaired) electrons. The monoisotopic (exact) mass is 414 g/mol. The fourth-order valence-corrected chi connectivity index (χ4v) is 4.93. The minimum Gasteiger partial charge on any atom is -0.493 e. The van der Waals surface area contributed by atoms with E-state index in [4.69, 9.17) is 14.2 Å². The van der Waals surface area contributed by atoms with Crippen LogP contribution < -0.4 is 9.47 Å². The molecule has 1 aromatic heterocycles. The van der Waals surface area contributed by atoms with Crippen molar-refractivity contribution in [3.63, 3.8) is 0 Å². The van der Waals surface area contributed by atoms with Crippen molar-refractivity contribution in [1.29, 1.82) is 0 Å². The summed E-state index contributed by atoms with van der Waals surface area (Å²) in [5.74, 6) is 3.73. The largest absolute Gasteiger partial charge is 0.493 e. The molecule has 1 fully saturated rings. The summed E-state index contributed by atoms with van der Waals surface area (Å²) in [4.78, 5) is 2.57. The van der Waals surface area contributed by atoms with Crippen LogP contribution in [0.15, 0.2) is 18.2 Å². The molecule has 2 aliphatic rings. The maximum absolute atomic E-state index is 5.65. The van der Waals surface area contributed by atoms with Gasteiger partial charge in [0.15, 0.2) is 17.3 Å². The van der Waals surface area contributed by atoms with E-state index >= 15 is 0 Å². The molecule has 0 N–H and O–H groups in total. The van der Waals surface area contributed by atoms with E-state index in [2.05, 4.69) is 31.8 Å². The highest BCUT2D eigenvalue weighted by atomic mass is 16.5. The zero-order valence-corrected chi connectivity index (χ0v) is 18.5. The number of methoxy groups -OCH3 is 2. The predicted octanol–water partition coefficient (Wildman–Crippen LogP) is 3.45. The Balaban J connectivity index is 1.35. The van der Waals surface area contributed by atoms with Crippen molar-refractivity contribution < 1.29 is 14.2 Å². The third-order valence-electron chi connectivity index (χ3n) is 6.77. The van der Waals surface area contributed by atoms with Gasteiger partial charge < -0.3 is 18.8 Å². The Hall–Kier alpha value is -2.12. The molecule has 164 valence electrons. The third kappa shape index (κ3) is 4.47. The van der Waals surface area contributed by atoms with E-state index in [1.807, 2.05) is 13.0 Å². The SMILES string of the molecule is CCOc1ccc(CN2CCC3(CCc4nnc(COC)n4CC3)CC2)cc1OC. The lowest BCUT2D eigenvalue weighted by Gasteiger charge is -2.41. The van der Waals surface area contributed by atoms with Crippen LogP contribution in [-0.2, 0) is 30.9 Å². The normalized spacial score (nSPS) is 18.8. The first-order valence-electron chi connectivity index (χ1n) is 11.1. The van der Waals surface area contributed by atoms with Crippen LogP contribution in [0.2, 0.25) is 0 Å². The molecule has 0 bridgehead atoms. The summed E-state index contributed by atoms with van der Waals surface area (Å²) >= 11 is 0. The second kappa shape index (κ2) is 9.35. The number of nitrogens with zero attached hydrogens (tertiary/aromatic N) is 4. The molecule has 2 aromatic rings. The molecular weight excluding hydrogens is 380 g/mol. The van der Waals surface area contributed by atoms with Gasteiger partial charge in [0.05, 0.1) is 13.7 Å². The molecule has 0 saturated carbocycles. The number of benzene rings is 1. The average molecular weight is 415 g/mol. The van der Waals surface area contributed by atoms with Crippen molar-refractivity contribution in [2.45, 2.75) is 58.7 Å². The Kier molecular flexibility index (Phi) is 6.58. The van der Waals surface area contributed by atoms with Crippen LogP contribution in [0.3, 0.4) is 0 Å². The topological polar surface area (TPSA) is 61.6 Å². The van der Waals surface area contributed by atoms with E-state index in [0.717, 1.165) is 55.7 Å². The highest BCUT2D eigenvalue weighted by Crippen LogP contribution is 2.42. The van der Waals surface area contributed by atoms with Gasteiger partial charge in [-0.25, -0.2) is 0 Å². The molecule has 0 unspecified atom stereocenters.